The summed E-state index contributed by atoms with van der Waals surface area (Å²) in [7, 11) is 1.84. The smallest absolute Gasteiger partial charge is 0.252 e. The number of nitrogens with two attached hydrogens (primary N) is 1. The third-order valence-electron chi connectivity index (χ3n) is 2.85. The Morgan fingerprint density at radius 1 is 1.40 bits per heavy atom. The standard InChI is InChI=1S/C15H16N4O/c1-19-13(8-10-18-19)11-17-15(20)14-7-3-2-5-12(14)6-4-9-16/h2-3,5,7-8,10H,9,11,16H2,1H3,(H,17,20). The van der Waals surface area contributed by atoms with Gasteiger partial charge in [0.05, 0.1) is 24.3 Å². The van der Waals surface area contributed by atoms with Crippen LogP contribution in [0.25, 0.3) is 0 Å². The van der Waals surface area contributed by atoms with Gasteiger partial charge in [0.1, 0.15) is 0 Å². The van der Waals surface area contributed by atoms with E-state index in [4.69, 9.17) is 5.73 Å². The van der Waals surface area contributed by atoms with Crippen LogP contribution in [0.5, 0.6) is 0 Å². The Morgan fingerprint density at radius 2 is 2.20 bits per heavy atom. The zero-order valence-electron chi connectivity index (χ0n) is 11.3. The summed E-state index contributed by atoms with van der Waals surface area (Å²) in [6.07, 6.45) is 1.70. The lowest BCUT2D eigenvalue weighted by Gasteiger charge is -2.07. The first-order chi connectivity index (χ1) is 9.72. The second-order valence-corrected chi connectivity index (χ2v) is 4.18. The number of nitrogens with one attached hydrogen (secondary N) is 1. The SMILES string of the molecule is Cn1nccc1CNC(=O)c1ccccc1C#CCN. The van der Waals surface area contributed by atoms with Crippen molar-refractivity contribution in [2.24, 2.45) is 12.8 Å². The zero-order valence-corrected chi connectivity index (χ0v) is 11.3. The van der Waals surface area contributed by atoms with Crippen LogP contribution < -0.4 is 11.1 Å². The van der Waals surface area contributed by atoms with Gasteiger partial charge in [0.2, 0.25) is 0 Å². The average Bonchev–Trinajstić information content (AvgIpc) is 2.88. The molecule has 0 bridgehead atoms. The summed E-state index contributed by atoms with van der Waals surface area (Å²) in [5.74, 6) is 5.51. The molecule has 0 fully saturated rings. The molecule has 20 heavy (non-hydrogen) atoms. The topological polar surface area (TPSA) is 72.9 Å². The number of benzene rings is 1. The Balaban J connectivity index is 2.11. The van der Waals surface area contributed by atoms with Crippen LogP contribution in [0.1, 0.15) is 21.6 Å². The number of hydrogen-bond donors (Lipinski definition) is 2. The van der Waals surface area contributed by atoms with Gasteiger partial charge in [-0.1, -0.05) is 24.0 Å². The van der Waals surface area contributed by atoms with Crippen molar-refractivity contribution < 1.29 is 4.79 Å². The minimum absolute atomic E-state index is 0.159. The predicted molar refractivity (Wildman–Crippen MR) is 76.8 cm³/mol. The van der Waals surface area contributed by atoms with Gasteiger partial charge >= 0.3 is 0 Å². The summed E-state index contributed by atoms with van der Waals surface area (Å²) in [5, 5.41) is 6.91. The van der Waals surface area contributed by atoms with Crippen LogP contribution in [-0.4, -0.2) is 22.2 Å². The third-order valence-corrected chi connectivity index (χ3v) is 2.85. The van der Waals surface area contributed by atoms with Gasteiger partial charge in [-0.15, -0.1) is 0 Å². The maximum Gasteiger partial charge on any atom is 0.252 e. The summed E-state index contributed by atoms with van der Waals surface area (Å²) in [6.45, 7) is 0.693. The summed E-state index contributed by atoms with van der Waals surface area (Å²) >= 11 is 0. The fourth-order valence-corrected chi connectivity index (χ4v) is 1.78. The molecule has 0 atom stereocenters. The van der Waals surface area contributed by atoms with E-state index in [1.54, 1.807) is 16.9 Å². The molecule has 3 N–H and O–H groups in total. The van der Waals surface area contributed by atoms with E-state index in [2.05, 4.69) is 22.3 Å². The fraction of sp³-hybridized carbons (Fsp3) is 0.200. The van der Waals surface area contributed by atoms with Crippen molar-refractivity contribution in [1.82, 2.24) is 15.1 Å². The molecule has 0 unspecified atom stereocenters. The van der Waals surface area contributed by atoms with Crippen molar-refractivity contribution in [3.05, 3.63) is 53.3 Å². The number of rotatable bonds is 3. The fourth-order valence-electron chi connectivity index (χ4n) is 1.78. The maximum atomic E-state index is 12.2. The van der Waals surface area contributed by atoms with Gasteiger partial charge < -0.3 is 11.1 Å². The van der Waals surface area contributed by atoms with E-state index in [0.717, 1.165) is 5.69 Å². The molecular weight excluding hydrogens is 252 g/mol. The van der Waals surface area contributed by atoms with Crippen LogP contribution in [0, 0.1) is 11.8 Å². The van der Waals surface area contributed by atoms with Crippen molar-refractivity contribution in [2.45, 2.75) is 6.54 Å². The van der Waals surface area contributed by atoms with Gasteiger partial charge in [0.15, 0.2) is 0 Å². The molecule has 1 heterocycles. The van der Waals surface area contributed by atoms with Gasteiger partial charge in [0.25, 0.3) is 5.91 Å². The lowest BCUT2D eigenvalue weighted by molar-refractivity contribution is 0.0950. The molecule has 0 saturated heterocycles. The van der Waals surface area contributed by atoms with E-state index >= 15 is 0 Å². The lowest BCUT2D eigenvalue weighted by atomic mass is 10.1. The molecule has 102 valence electrons. The first kappa shape index (κ1) is 13.8. The van der Waals surface area contributed by atoms with Gasteiger partial charge in [-0.05, 0) is 18.2 Å². The van der Waals surface area contributed by atoms with Crippen molar-refractivity contribution in [1.29, 1.82) is 0 Å². The summed E-state index contributed by atoms with van der Waals surface area (Å²) in [5.41, 5.74) is 7.52. The second-order valence-electron chi connectivity index (χ2n) is 4.18. The number of aryl methyl sites for hydroxylation is 1. The number of nitrogens with zero attached hydrogens (tertiary/aromatic N) is 2. The Kier molecular flexibility index (Phi) is 4.53. The van der Waals surface area contributed by atoms with Gasteiger partial charge in [-0.25, -0.2) is 0 Å². The van der Waals surface area contributed by atoms with E-state index in [1.165, 1.54) is 0 Å². The number of hydrogen-bond acceptors (Lipinski definition) is 3. The van der Waals surface area contributed by atoms with Crippen LogP contribution >= 0.6 is 0 Å². The van der Waals surface area contributed by atoms with E-state index in [-0.39, 0.29) is 12.5 Å². The highest BCUT2D eigenvalue weighted by Gasteiger charge is 2.09. The molecule has 0 aliphatic carbocycles. The van der Waals surface area contributed by atoms with Crippen LogP contribution in [-0.2, 0) is 13.6 Å². The van der Waals surface area contributed by atoms with E-state index in [1.807, 2.05) is 31.3 Å². The zero-order chi connectivity index (χ0) is 14.4. The highest BCUT2D eigenvalue weighted by molar-refractivity contribution is 5.96. The maximum absolute atomic E-state index is 12.2. The van der Waals surface area contributed by atoms with Gasteiger partial charge in [0, 0.05) is 18.8 Å². The van der Waals surface area contributed by atoms with E-state index in [9.17, 15) is 4.79 Å². The Bertz CT molecular complexity index is 664. The molecule has 0 saturated carbocycles. The number of aromatic nitrogens is 2. The second kappa shape index (κ2) is 6.55. The first-order valence-corrected chi connectivity index (χ1v) is 6.25. The van der Waals surface area contributed by atoms with Crippen LogP contribution in [0.4, 0.5) is 0 Å². The molecule has 0 spiro atoms. The minimum atomic E-state index is -0.159. The molecule has 2 aromatic rings. The summed E-state index contributed by atoms with van der Waals surface area (Å²) in [4.78, 5) is 12.2. The van der Waals surface area contributed by atoms with Crippen molar-refractivity contribution >= 4 is 5.91 Å². The third kappa shape index (κ3) is 3.25. The number of amides is 1. The van der Waals surface area contributed by atoms with Gasteiger partial charge in [-0.2, -0.15) is 5.10 Å². The molecular formula is C15H16N4O. The lowest BCUT2D eigenvalue weighted by Crippen LogP contribution is -2.24. The first-order valence-electron chi connectivity index (χ1n) is 6.25. The molecule has 5 nitrogen and oxygen atoms in total. The monoisotopic (exact) mass is 268 g/mol. The number of carbonyl (C=O) groups excluding carboxylic acids is 1. The quantitative estimate of drug-likeness (QED) is 0.803. The number of carbonyl (C=O) groups is 1. The molecule has 1 aromatic heterocycles. The van der Waals surface area contributed by atoms with Crippen LogP contribution in [0.2, 0.25) is 0 Å². The average molecular weight is 268 g/mol. The summed E-state index contributed by atoms with van der Waals surface area (Å²) in [6, 6.07) is 9.08. The van der Waals surface area contributed by atoms with E-state index < -0.39 is 0 Å². The normalized spacial score (nSPS) is 9.70. The van der Waals surface area contributed by atoms with Crippen molar-refractivity contribution in [3.63, 3.8) is 0 Å². The molecule has 5 heteroatoms. The molecule has 1 amide bonds. The molecule has 1 aromatic carbocycles. The Morgan fingerprint density at radius 3 is 2.90 bits per heavy atom. The van der Waals surface area contributed by atoms with Crippen molar-refractivity contribution in [2.75, 3.05) is 6.54 Å². The molecule has 0 aliphatic heterocycles. The highest BCUT2D eigenvalue weighted by atomic mass is 16.1. The predicted octanol–water partition coefficient (Wildman–Crippen LogP) is 0.660. The molecule has 0 radical (unpaired) electrons. The molecule has 0 aliphatic rings. The molecule has 2 rings (SSSR count). The van der Waals surface area contributed by atoms with E-state index in [0.29, 0.717) is 17.7 Å². The Hall–Kier alpha value is -2.58. The van der Waals surface area contributed by atoms with Gasteiger partial charge in [-0.3, -0.25) is 9.48 Å². The van der Waals surface area contributed by atoms with Crippen molar-refractivity contribution in [3.8, 4) is 11.8 Å². The van der Waals surface area contributed by atoms with Crippen LogP contribution in [0.15, 0.2) is 36.5 Å². The minimum Gasteiger partial charge on any atom is -0.346 e. The highest BCUT2D eigenvalue weighted by Crippen LogP contribution is 2.07. The summed E-state index contributed by atoms with van der Waals surface area (Å²) < 4.78 is 1.72. The van der Waals surface area contributed by atoms with Crippen LogP contribution in [0.3, 0.4) is 0 Å². The largest absolute Gasteiger partial charge is 0.346 e. The Labute approximate surface area is 117 Å².